The molecule has 1 saturated carbocycles. The van der Waals surface area contributed by atoms with E-state index in [1.54, 1.807) is 24.7 Å². The summed E-state index contributed by atoms with van der Waals surface area (Å²) >= 11 is 0. The van der Waals surface area contributed by atoms with E-state index in [0.717, 1.165) is 38.2 Å². The monoisotopic (exact) mass is 391 g/mol. The van der Waals surface area contributed by atoms with Gasteiger partial charge in [-0.05, 0) is 48.4 Å². The fraction of sp³-hybridized carbons (Fsp3) is 0.409. The molecule has 0 spiro atoms. The van der Waals surface area contributed by atoms with Gasteiger partial charge in [-0.25, -0.2) is 15.0 Å². The zero-order valence-electron chi connectivity index (χ0n) is 16.2. The van der Waals surface area contributed by atoms with Gasteiger partial charge >= 0.3 is 6.01 Å². The van der Waals surface area contributed by atoms with Crippen molar-refractivity contribution in [2.24, 2.45) is 11.8 Å². The van der Waals surface area contributed by atoms with Crippen molar-refractivity contribution in [1.82, 2.24) is 24.4 Å². The van der Waals surface area contributed by atoms with E-state index in [1.807, 2.05) is 24.7 Å². The molecule has 1 aliphatic carbocycles. The summed E-state index contributed by atoms with van der Waals surface area (Å²) in [5.74, 6) is 1.94. The van der Waals surface area contributed by atoms with E-state index >= 15 is 0 Å². The molecule has 29 heavy (non-hydrogen) atoms. The number of nitrogens with zero attached hydrogens (tertiary/aromatic N) is 5. The van der Waals surface area contributed by atoms with Crippen molar-refractivity contribution in [3.63, 3.8) is 0 Å². The first-order chi connectivity index (χ1) is 14.2. The third-order valence-corrected chi connectivity index (χ3v) is 6.17. The van der Waals surface area contributed by atoms with Crippen molar-refractivity contribution in [1.29, 1.82) is 0 Å². The Morgan fingerprint density at radius 3 is 2.48 bits per heavy atom. The van der Waals surface area contributed by atoms with Gasteiger partial charge in [0.15, 0.2) is 0 Å². The van der Waals surface area contributed by atoms with Crippen molar-refractivity contribution in [3.8, 4) is 11.8 Å². The predicted octanol–water partition coefficient (Wildman–Crippen LogP) is 2.91. The normalized spacial score (nSPS) is 26.9. The summed E-state index contributed by atoms with van der Waals surface area (Å²) in [6.45, 7) is 3.05. The second kappa shape index (κ2) is 7.93. The molecule has 5 rings (SSSR count). The van der Waals surface area contributed by atoms with Crippen molar-refractivity contribution < 1.29 is 9.84 Å². The molecular formula is C22H25N5O2. The van der Waals surface area contributed by atoms with E-state index in [0.29, 0.717) is 17.8 Å². The largest absolute Gasteiger partial charge is 0.424 e. The number of hydrogen-bond donors (Lipinski definition) is 1. The number of aliphatic hydroxyl groups excluding tert-OH is 1. The van der Waals surface area contributed by atoms with Crippen LogP contribution in [0.5, 0.6) is 11.8 Å². The first-order valence-corrected chi connectivity index (χ1v) is 10.2. The van der Waals surface area contributed by atoms with Gasteiger partial charge in [0.1, 0.15) is 5.75 Å². The molecule has 3 heterocycles. The molecule has 1 aliphatic heterocycles. The third kappa shape index (κ3) is 4.02. The fourth-order valence-electron chi connectivity index (χ4n) is 4.78. The molecule has 7 nitrogen and oxygen atoms in total. The molecule has 1 saturated heterocycles. The molecule has 0 bridgehead atoms. The minimum Gasteiger partial charge on any atom is -0.424 e. The predicted molar refractivity (Wildman–Crippen MR) is 107 cm³/mol. The van der Waals surface area contributed by atoms with Crippen LogP contribution in [0.25, 0.3) is 0 Å². The van der Waals surface area contributed by atoms with Crippen LogP contribution in [0, 0.1) is 11.8 Å². The van der Waals surface area contributed by atoms with E-state index in [9.17, 15) is 5.11 Å². The summed E-state index contributed by atoms with van der Waals surface area (Å²) in [5.41, 5.74) is 1.26. The first kappa shape index (κ1) is 18.3. The summed E-state index contributed by atoms with van der Waals surface area (Å²) in [6, 6.07) is 10.4. The van der Waals surface area contributed by atoms with E-state index < -0.39 is 0 Å². The van der Waals surface area contributed by atoms with E-state index in [1.165, 1.54) is 5.56 Å². The minimum absolute atomic E-state index is 0.148. The van der Waals surface area contributed by atoms with Gasteiger partial charge in [-0.3, -0.25) is 4.90 Å². The Bertz CT molecular complexity index is 916. The van der Waals surface area contributed by atoms with Crippen molar-refractivity contribution in [2.45, 2.75) is 31.5 Å². The molecule has 150 valence electrons. The lowest BCUT2D eigenvalue weighted by atomic mass is 9.77. The Morgan fingerprint density at radius 1 is 1.00 bits per heavy atom. The lowest BCUT2D eigenvalue weighted by Crippen LogP contribution is -2.35. The standard InChI is InChI=1S/C22H25N5O2/c28-21-11-18-14-26(13-17(18)10-20(21)27-9-8-23-15-27)12-16-2-4-19(5-3-16)29-22-24-6-1-7-25-22/h1-9,15,17-18,20-21,28H,10-14H2/t17-,18+,20-,21-/m1/s1. The number of rotatable bonds is 5. The maximum atomic E-state index is 10.6. The molecule has 2 aliphatic rings. The smallest absolute Gasteiger partial charge is 0.321 e. The maximum absolute atomic E-state index is 10.6. The Balaban J connectivity index is 1.19. The van der Waals surface area contributed by atoms with Gasteiger partial charge in [0.25, 0.3) is 0 Å². The van der Waals surface area contributed by atoms with Crippen LogP contribution in [0.3, 0.4) is 0 Å². The van der Waals surface area contributed by atoms with Gasteiger partial charge in [0, 0.05) is 44.4 Å². The van der Waals surface area contributed by atoms with Crippen LogP contribution in [0.1, 0.15) is 24.4 Å². The molecule has 4 atom stereocenters. The highest BCUT2D eigenvalue weighted by Crippen LogP contribution is 2.41. The second-order valence-electron chi connectivity index (χ2n) is 8.11. The highest BCUT2D eigenvalue weighted by Gasteiger charge is 2.42. The summed E-state index contributed by atoms with van der Waals surface area (Å²) in [7, 11) is 0. The molecule has 1 N–H and O–H groups in total. The van der Waals surface area contributed by atoms with Crippen LogP contribution in [-0.4, -0.2) is 48.7 Å². The van der Waals surface area contributed by atoms with Crippen molar-refractivity contribution in [3.05, 3.63) is 67.0 Å². The maximum Gasteiger partial charge on any atom is 0.321 e. The molecule has 2 fully saturated rings. The zero-order chi connectivity index (χ0) is 19.6. The lowest BCUT2D eigenvalue weighted by Gasteiger charge is -2.35. The third-order valence-electron chi connectivity index (χ3n) is 6.17. The summed E-state index contributed by atoms with van der Waals surface area (Å²) in [5, 5.41) is 10.6. The van der Waals surface area contributed by atoms with Crippen LogP contribution in [0.4, 0.5) is 0 Å². The Labute approximate surface area is 170 Å². The Hall–Kier alpha value is -2.77. The van der Waals surface area contributed by atoms with E-state index in [2.05, 4.69) is 36.6 Å². The van der Waals surface area contributed by atoms with E-state index in [4.69, 9.17) is 4.74 Å². The topological polar surface area (TPSA) is 76.3 Å². The molecule has 0 radical (unpaired) electrons. The molecule has 3 aromatic rings. The van der Waals surface area contributed by atoms with Crippen LogP contribution >= 0.6 is 0 Å². The average molecular weight is 391 g/mol. The number of likely N-dealkylation sites (tertiary alicyclic amines) is 1. The number of hydrogen-bond acceptors (Lipinski definition) is 6. The van der Waals surface area contributed by atoms with Gasteiger partial charge in [-0.2, -0.15) is 0 Å². The fourth-order valence-corrected chi connectivity index (χ4v) is 4.78. The molecule has 0 unspecified atom stereocenters. The molecule has 0 amide bonds. The molecular weight excluding hydrogens is 366 g/mol. The SMILES string of the molecule is O[C@@H]1C[C@H]2CN(Cc3ccc(Oc4ncccn4)cc3)C[C@H]2C[C@H]1n1ccnc1. The molecule has 2 aromatic heterocycles. The summed E-state index contributed by atoms with van der Waals surface area (Å²) in [6.07, 6.45) is 10.5. The number of ether oxygens (including phenoxy) is 1. The highest BCUT2D eigenvalue weighted by atomic mass is 16.5. The lowest BCUT2D eigenvalue weighted by molar-refractivity contribution is 0.0358. The average Bonchev–Trinajstić information content (AvgIpc) is 3.39. The van der Waals surface area contributed by atoms with Crippen LogP contribution in [-0.2, 0) is 6.54 Å². The Morgan fingerprint density at radius 2 is 1.76 bits per heavy atom. The minimum atomic E-state index is -0.290. The number of fused-ring (bicyclic) bond motifs is 1. The molecule has 1 aromatic carbocycles. The van der Waals surface area contributed by atoms with Gasteiger partial charge in [-0.1, -0.05) is 12.1 Å². The molecule has 7 heteroatoms. The van der Waals surface area contributed by atoms with Crippen LogP contribution < -0.4 is 4.74 Å². The highest BCUT2D eigenvalue weighted by molar-refractivity contribution is 5.29. The van der Waals surface area contributed by atoms with Crippen molar-refractivity contribution in [2.75, 3.05) is 13.1 Å². The number of aromatic nitrogens is 4. The van der Waals surface area contributed by atoms with Gasteiger partial charge in [0.05, 0.1) is 18.5 Å². The zero-order valence-corrected chi connectivity index (χ0v) is 16.2. The Kier molecular flexibility index (Phi) is 4.99. The van der Waals surface area contributed by atoms with Gasteiger partial charge in [-0.15, -0.1) is 0 Å². The summed E-state index contributed by atoms with van der Waals surface area (Å²) < 4.78 is 7.74. The number of aliphatic hydroxyl groups is 1. The first-order valence-electron chi connectivity index (χ1n) is 10.2. The summed E-state index contributed by atoms with van der Waals surface area (Å²) in [4.78, 5) is 14.8. The number of imidazole rings is 1. The second-order valence-corrected chi connectivity index (χ2v) is 8.11. The van der Waals surface area contributed by atoms with Crippen molar-refractivity contribution >= 4 is 0 Å². The van der Waals surface area contributed by atoms with Crippen LogP contribution in [0.2, 0.25) is 0 Å². The number of benzene rings is 1. The van der Waals surface area contributed by atoms with Gasteiger partial charge in [0.2, 0.25) is 0 Å². The quantitative estimate of drug-likeness (QED) is 0.721. The van der Waals surface area contributed by atoms with Crippen LogP contribution in [0.15, 0.2) is 61.4 Å². The van der Waals surface area contributed by atoms with E-state index in [-0.39, 0.29) is 12.1 Å². The van der Waals surface area contributed by atoms with Gasteiger partial charge < -0.3 is 14.4 Å².